The molecule has 10 heteroatoms. The van der Waals surface area contributed by atoms with Gasteiger partial charge in [0.1, 0.15) is 0 Å². The highest BCUT2D eigenvalue weighted by Gasteiger charge is 2.29. The molecular formula is C22H24N4O4S2. The van der Waals surface area contributed by atoms with E-state index in [9.17, 15) is 13.2 Å². The number of hydrogen-bond donors (Lipinski definition) is 0. The predicted molar refractivity (Wildman–Crippen MR) is 121 cm³/mol. The van der Waals surface area contributed by atoms with Crippen LogP contribution in [0.25, 0.3) is 10.7 Å². The van der Waals surface area contributed by atoms with Gasteiger partial charge in [0.2, 0.25) is 27.6 Å². The maximum atomic E-state index is 13.0. The Balaban J connectivity index is 1.29. The van der Waals surface area contributed by atoms with Crippen LogP contribution in [0, 0.1) is 0 Å². The van der Waals surface area contributed by atoms with Crippen LogP contribution in [-0.4, -0.2) is 48.4 Å². The molecule has 0 saturated carbocycles. The standard InChI is InChI=1S/C22H24N4O4S2/c27-21(10-9-20-23-22(24-30-20)19-6-4-14-31-19)26-13-3-5-16-15-17(7-8-18(16)26)32(28,29)25-11-1-2-12-25/h4,6-8,14-15H,1-3,5,9-13H2. The first-order chi connectivity index (χ1) is 15.5. The Morgan fingerprint density at radius 1 is 1.12 bits per heavy atom. The van der Waals surface area contributed by atoms with E-state index in [0.717, 1.165) is 41.8 Å². The lowest BCUT2D eigenvalue weighted by Gasteiger charge is -2.30. The van der Waals surface area contributed by atoms with Crippen molar-refractivity contribution in [3.05, 3.63) is 47.2 Å². The minimum Gasteiger partial charge on any atom is -0.339 e. The van der Waals surface area contributed by atoms with E-state index >= 15 is 0 Å². The van der Waals surface area contributed by atoms with Crippen molar-refractivity contribution in [2.45, 2.75) is 43.4 Å². The fourth-order valence-corrected chi connectivity index (χ4v) is 6.50. The molecule has 0 radical (unpaired) electrons. The van der Waals surface area contributed by atoms with Crippen molar-refractivity contribution in [1.29, 1.82) is 0 Å². The number of amides is 1. The number of fused-ring (bicyclic) bond motifs is 1. The molecule has 3 aromatic rings. The van der Waals surface area contributed by atoms with Crippen molar-refractivity contribution in [3.63, 3.8) is 0 Å². The van der Waals surface area contributed by atoms with Crippen LogP contribution in [0.1, 0.15) is 37.1 Å². The van der Waals surface area contributed by atoms with E-state index in [-0.39, 0.29) is 12.3 Å². The summed E-state index contributed by atoms with van der Waals surface area (Å²) in [5.74, 6) is 0.945. The first kappa shape index (κ1) is 21.3. The van der Waals surface area contributed by atoms with E-state index in [0.29, 0.717) is 42.7 Å². The van der Waals surface area contributed by atoms with Gasteiger partial charge in [-0.1, -0.05) is 11.2 Å². The summed E-state index contributed by atoms with van der Waals surface area (Å²) in [6.45, 7) is 1.77. The zero-order chi connectivity index (χ0) is 22.1. The molecule has 0 spiro atoms. The van der Waals surface area contributed by atoms with E-state index < -0.39 is 10.0 Å². The monoisotopic (exact) mass is 472 g/mol. The Kier molecular flexibility index (Phi) is 5.83. The van der Waals surface area contributed by atoms with Gasteiger partial charge < -0.3 is 9.42 Å². The molecule has 2 aromatic heterocycles. The van der Waals surface area contributed by atoms with Crippen LogP contribution < -0.4 is 4.90 Å². The molecule has 5 rings (SSSR count). The number of carbonyl (C=O) groups is 1. The summed E-state index contributed by atoms with van der Waals surface area (Å²) in [6, 6.07) is 9.00. The number of hydrogen-bond acceptors (Lipinski definition) is 7. The minimum absolute atomic E-state index is 0.0306. The molecular weight excluding hydrogens is 448 g/mol. The summed E-state index contributed by atoms with van der Waals surface area (Å²) in [7, 11) is -3.47. The minimum atomic E-state index is -3.47. The number of rotatable bonds is 6. The van der Waals surface area contributed by atoms with Crippen LogP contribution in [0.5, 0.6) is 0 Å². The van der Waals surface area contributed by atoms with Gasteiger partial charge in [-0.2, -0.15) is 9.29 Å². The van der Waals surface area contributed by atoms with Crippen molar-refractivity contribution in [1.82, 2.24) is 14.4 Å². The molecule has 0 atom stereocenters. The highest BCUT2D eigenvalue weighted by molar-refractivity contribution is 7.89. The largest absolute Gasteiger partial charge is 0.339 e. The molecule has 0 aliphatic carbocycles. The Morgan fingerprint density at radius 2 is 1.97 bits per heavy atom. The van der Waals surface area contributed by atoms with Gasteiger partial charge in [0.25, 0.3) is 0 Å². The topological polar surface area (TPSA) is 96.6 Å². The molecule has 1 saturated heterocycles. The number of thiophene rings is 1. The Labute approximate surface area is 190 Å². The summed E-state index contributed by atoms with van der Waals surface area (Å²) in [5, 5.41) is 5.94. The third kappa shape index (κ3) is 4.10. The lowest BCUT2D eigenvalue weighted by molar-refractivity contribution is -0.118. The maximum absolute atomic E-state index is 13.0. The van der Waals surface area contributed by atoms with Crippen LogP contribution in [0.3, 0.4) is 0 Å². The third-order valence-electron chi connectivity index (χ3n) is 5.94. The van der Waals surface area contributed by atoms with Gasteiger partial charge in [-0.25, -0.2) is 8.42 Å². The molecule has 0 N–H and O–H groups in total. The molecule has 1 fully saturated rings. The van der Waals surface area contributed by atoms with E-state index in [1.54, 1.807) is 27.4 Å². The molecule has 8 nitrogen and oxygen atoms in total. The molecule has 2 aliphatic heterocycles. The van der Waals surface area contributed by atoms with Crippen LogP contribution >= 0.6 is 11.3 Å². The lowest BCUT2D eigenvalue weighted by atomic mass is 10.0. The van der Waals surface area contributed by atoms with Crippen LogP contribution in [0.15, 0.2) is 45.1 Å². The predicted octanol–water partition coefficient (Wildman–Crippen LogP) is 3.49. The molecule has 168 valence electrons. The lowest BCUT2D eigenvalue weighted by Crippen LogP contribution is -2.36. The average molecular weight is 473 g/mol. The fourth-order valence-electron chi connectivity index (χ4n) is 4.28. The number of carbonyl (C=O) groups excluding carboxylic acids is 1. The summed E-state index contributed by atoms with van der Waals surface area (Å²) in [5.41, 5.74) is 1.70. The van der Waals surface area contributed by atoms with Gasteiger partial charge >= 0.3 is 0 Å². The Bertz CT molecular complexity index is 1210. The Hall–Kier alpha value is -2.56. The summed E-state index contributed by atoms with van der Waals surface area (Å²) in [4.78, 5) is 20.4. The number of nitrogens with zero attached hydrogens (tertiary/aromatic N) is 4. The van der Waals surface area contributed by atoms with Gasteiger partial charge in [-0.15, -0.1) is 11.3 Å². The van der Waals surface area contributed by atoms with Crippen molar-refractivity contribution in [3.8, 4) is 10.7 Å². The van der Waals surface area contributed by atoms with Crippen molar-refractivity contribution < 1.29 is 17.7 Å². The van der Waals surface area contributed by atoms with E-state index in [1.807, 2.05) is 17.5 Å². The second kappa shape index (κ2) is 8.76. The van der Waals surface area contributed by atoms with Crippen molar-refractivity contribution in [2.75, 3.05) is 24.5 Å². The normalized spacial score (nSPS) is 16.9. The number of anilines is 1. The summed E-state index contributed by atoms with van der Waals surface area (Å²) < 4.78 is 32.7. The fraction of sp³-hybridized carbons (Fsp3) is 0.409. The highest BCUT2D eigenvalue weighted by atomic mass is 32.2. The second-order valence-electron chi connectivity index (χ2n) is 8.04. The zero-order valence-electron chi connectivity index (χ0n) is 17.6. The van der Waals surface area contributed by atoms with Crippen LogP contribution in [-0.2, 0) is 27.7 Å². The maximum Gasteiger partial charge on any atom is 0.243 e. The van der Waals surface area contributed by atoms with E-state index in [1.165, 1.54) is 11.3 Å². The first-order valence-corrected chi connectivity index (χ1v) is 13.1. The number of benzene rings is 1. The van der Waals surface area contributed by atoms with E-state index in [4.69, 9.17) is 4.52 Å². The quantitative estimate of drug-likeness (QED) is 0.545. The smallest absolute Gasteiger partial charge is 0.243 e. The summed E-state index contributed by atoms with van der Waals surface area (Å²) >= 11 is 1.53. The van der Waals surface area contributed by atoms with Gasteiger partial charge in [0.05, 0.1) is 9.77 Å². The highest BCUT2D eigenvalue weighted by Crippen LogP contribution is 2.32. The van der Waals surface area contributed by atoms with Crippen LogP contribution in [0.4, 0.5) is 5.69 Å². The third-order valence-corrected chi connectivity index (χ3v) is 8.70. The molecule has 0 bridgehead atoms. The number of aryl methyl sites for hydroxylation is 2. The molecule has 4 heterocycles. The molecule has 1 amide bonds. The van der Waals surface area contributed by atoms with E-state index in [2.05, 4.69) is 10.1 Å². The number of sulfonamides is 1. The Morgan fingerprint density at radius 3 is 2.75 bits per heavy atom. The zero-order valence-corrected chi connectivity index (χ0v) is 19.2. The molecule has 0 unspecified atom stereocenters. The summed E-state index contributed by atoms with van der Waals surface area (Å²) in [6.07, 6.45) is 3.98. The molecule has 32 heavy (non-hydrogen) atoms. The van der Waals surface area contributed by atoms with Crippen molar-refractivity contribution >= 4 is 33.0 Å². The molecule has 2 aliphatic rings. The first-order valence-electron chi connectivity index (χ1n) is 10.8. The van der Waals surface area contributed by atoms with Gasteiger partial charge in [0, 0.05) is 38.2 Å². The van der Waals surface area contributed by atoms with Gasteiger partial charge in [-0.3, -0.25) is 4.79 Å². The van der Waals surface area contributed by atoms with Crippen LogP contribution in [0.2, 0.25) is 0 Å². The second-order valence-corrected chi connectivity index (χ2v) is 10.9. The molecule has 1 aromatic carbocycles. The van der Waals surface area contributed by atoms with Crippen molar-refractivity contribution in [2.24, 2.45) is 0 Å². The average Bonchev–Trinajstić information content (AvgIpc) is 3.58. The van der Waals surface area contributed by atoms with Gasteiger partial charge in [-0.05, 0) is 60.9 Å². The van der Waals surface area contributed by atoms with Gasteiger partial charge in [0.15, 0.2) is 0 Å². The SMILES string of the molecule is O=C(CCc1nc(-c2cccs2)no1)N1CCCc2cc(S(=O)(=O)N3CCCC3)ccc21. The number of aromatic nitrogens is 2.